The molecule has 0 spiro atoms. The van der Waals surface area contributed by atoms with Crippen LogP contribution in [-0.4, -0.2) is 18.3 Å². The summed E-state index contributed by atoms with van der Waals surface area (Å²) in [5.74, 6) is -0.0667. The van der Waals surface area contributed by atoms with Gasteiger partial charge < -0.3 is 4.74 Å². The molecule has 0 radical (unpaired) electrons. The molecule has 1 saturated carbocycles. The zero-order chi connectivity index (χ0) is 15.0. The highest BCUT2D eigenvalue weighted by atomic mass is 19.4. The SMILES string of the molecule is CC(NC1(C(F)(F)F)CC1)c1cccc(OC(F)F)c1. The number of hydrogen-bond donors (Lipinski definition) is 1. The number of alkyl halides is 5. The van der Waals surface area contributed by atoms with Crippen molar-refractivity contribution >= 4 is 0 Å². The van der Waals surface area contributed by atoms with Gasteiger partial charge in [-0.3, -0.25) is 5.32 Å². The van der Waals surface area contributed by atoms with Crippen LogP contribution in [-0.2, 0) is 0 Å². The summed E-state index contributed by atoms with van der Waals surface area (Å²) in [7, 11) is 0. The summed E-state index contributed by atoms with van der Waals surface area (Å²) >= 11 is 0. The van der Waals surface area contributed by atoms with Crippen molar-refractivity contribution in [3.8, 4) is 5.75 Å². The first kappa shape index (κ1) is 15.0. The van der Waals surface area contributed by atoms with Crippen molar-refractivity contribution in [3.63, 3.8) is 0 Å². The van der Waals surface area contributed by atoms with Gasteiger partial charge in [-0.25, -0.2) is 0 Å². The van der Waals surface area contributed by atoms with Gasteiger partial charge in [0.05, 0.1) is 0 Å². The lowest BCUT2D eigenvalue weighted by Crippen LogP contribution is -2.45. The highest BCUT2D eigenvalue weighted by Gasteiger charge is 2.63. The molecule has 0 bridgehead atoms. The topological polar surface area (TPSA) is 21.3 Å². The number of rotatable bonds is 5. The Morgan fingerprint density at radius 3 is 2.40 bits per heavy atom. The Morgan fingerprint density at radius 2 is 1.90 bits per heavy atom. The van der Waals surface area contributed by atoms with E-state index in [1.54, 1.807) is 13.0 Å². The van der Waals surface area contributed by atoms with Gasteiger partial charge in [0.2, 0.25) is 0 Å². The van der Waals surface area contributed by atoms with Gasteiger partial charge in [-0.15, -0.1) is 0 Å². The van der Waals surface area contributed by atoms with E-state index in [-0.39, 0.29) is 18.6 Å². The number of hydrogen-bond acceptors (Lipinski definition) is 2. The summed E-state index contributed by atoms with van der Waals surface area (Å²) in [5, 5.41) is 2.54. The fourth-order valence-electron chi connectivity index (χ4n) is 2.09. The maximum Gasteiger partial charge on any atom is 0.406 e. The molecule has 7 heteroatoms. The van der Waals surface area contributed by atoms with Crippen molar-refractivity contribution < 1.29 is 26.7 Å². The van der Waals surface area contributed by atoms with Crippen LogP contribution in [0.4, 0.5) is 22.0 Å². The summed E-state index contributed by atoms with van der Waals surface area (Å²) in [6.07, 6.45) is -4.24. The summed E-state index contributed by atoms with van der Waals surface area (Å²) in [5.41, 5.74) is -1.37. The van der Waals surface area contributed by atoms with Crippen LogP contribution in [0.15, 0.2) is 24.3 Å². The molecule has 1 aliphatic rings. The fourth-order valence-corrected chi connectivity index (χ4v) is 2.09. The van der Waals surface area contributed by atoms with E-state index in [2.05, 4.69) is 10.1 Å². The van der Waals surface area contributed by atoms with Crippen molar-refractivity contribution in [1.82, 2.24) is 5.32 Å². The Balaban J connectivity index is 2.08. The Kier molecular flexibility index (Phi) is 3.90. The summed E-state index contributed by atoms with van der Waals surface area (Å²) in [4.78, 5) is 0. The highest BCUT2D eigenvalue weighted by molar-refractivity contribution is 5.31. The van der Waals surface area contributed by atoms with Crippen molar-refractivity contribution in [2.75, 3.05) is 0 Å². The summed E-state index contributed by atoms with van der Waals surface area (Å²) < 4.78 is 67.0. The average Bonchev–Trinajstić information content (AvgIpc) is 3.08. The maximum atomic E-state index is 12.8. The Hall–Kier alpha value is -1.37. The van der Waals surface area contributed by atoms with Crippen LogP contribution >= 0.6 is 0 Å². The van der Waals surface area contributed by atoms with Gasteiger partial charge in [-0.2, -0.15) is 22.0 Å². The van der Waals surface area contributed by atoms with E-state index in [9.17, 15) is 22.0 Å². The highest BCUT2D eigenvalue weighted by Crippen LogP contribution is 2.50. The van der Waals surface area contributed by atoms with Crippen molar-refractivity contribution in [2.24, 2.45) is 0 Å². The quantitative estimate of drug-likeness (QED) is 0.828. The smallest absolute Gasteiger partial charge is 0.406 e. The number of ether oxygens (including phenoxy) is 1. The second-order valence-electron chi connectivity index (χ2n) is 4.90. The van der Waals surface area contributed by atoms with Gasteiger partial charge in [0.1, 0.15) is 11.3 Å². The van der Waals surface area contributed by atoms with Crippen LogP contribution < -0.4 is 10.1 Å². The first-order valence-electron chi connectivity index (χ1n) is 6.13. The van der Waals surface area contributed by atoms with Gasteiger partial charge in [0.15, 0.2) is 0 Å². The molecule has 1 aliphatic carbocycles. The van der Waals surface area contributed by atoms with Crippen LogP contribution in [0.3, 0.4) is 0 Å². The number of halogens is 5. The van der Waals surface area contributed by atoms with Crippen LogP contribution in [0.5, 0.6) is 5.75 Å². The lowest BCUT2D eigenvalue weighted by Gasteiger charge is -2.25. The van der Waals surface area contributed by atoms with Crippen molar-refractivity contribution in [1.29, 1.82) is 0 Å². The van der Waals surface area contributed by atoms with Crippen LogP contribution in [0, 0.1) is 0 Å². The number of benzene rings is 1. The van der Waals surface area contributed by atoms with E-state index in [0.29, 0.717) is 5.56 Å². The molecule has 1 atom stereocenters. The largest absolute Gasteiger partial charge is 0.435 e. The van der Waals surface area contributed by atoms with Crippen molar-refractivity contribution in [3.05, 3.63) is 29.8 Å². The molecule has 2 nitrogen and oxygen atoms in total. The zero-order valence-corrected chi connectivity index (χ0v) is 10.7. The lowest BCUT2D eigenvalue weighted by atomic mass is 10.1. The molecule has 0 amide bonds. The molecule has 1 N–H and O–H groups in total. The standard InChI is InChI=1S/C13H14F5NO/c1-8(19-12(5-6-12)13(16,17)18)9-3-2-4-10(7-9)20-11(14)15/h2-4,7-8,11,19H,5-6H2,1H3. The van der Waals surface area contributed by atoms with Crippen LogP contribution in [0.2, 0.25) is 0 Å². The maximum absolute atomic E-state index is 12.8. The van der Waals surface area contributed by atoms with E-state index in [1.807, 2.05) is 0 Å². The third-order valence-electron chi connectivity index (χ3n) is 3.37. The zero-order valence-electron chi connectivity index (χ0n) is 10.7. The predicted molar refractivity (Wildman–Crippen MR) is 62.6 cm³/mol. The molecular formula is C13H14F5NO. The first-order chi connectivity index (χ1) is 9.23. The minimum Gasteiger partial charge on any atom is -0.435 e. The molecular weight excluding hydrogens is 281 g/mol. The second kappa shape index (κ2) is 5.20. The average molecular weight is 295 g/mol. The molecule has 2 rings (SSSR count). The molecule has 0 aliphatic heterocycles. The molecule has 1 aromatic rings. The normalized spacial score (nSPS) is 18.9. The monoisotopic (exact) mass is 295 g/mol. The molecule has 0 saturated heterocycles. The van der Waals surface area contributed by atoms with E-state index >= 15 is 0 Å². The third-order valence-corrected chi connectivity index (χ3v) is 3.37. The minimum atomic E-state index is -4.31. The lowest BCUT2D eigenvalue weighted by molar-refractivity contribution is -0.167. The molecule has 0 aromatic heterocycles. The van der Waals surface area contributed by atoms with Gasteiger partial charge >= 0.3 is 12.8 Å². The van der Waals surface area contributed by atoms with Gasteiger partial charge in [-0.1, -0.05) is 12.1 Å². The third kappa shape index (κ3) is 3.20. The summed E-state index contributed by atoms with van der Waals surface area (Å²) in [6.45, 7) is -1.40. The fraction of sp³-hybridized carbons (Fsp3) is 0.538. The van der Waals surface area contributed by atoms with E-state index < -0.39 is 24.4 Å². The minimum absolute atomic E-state index is 0.0358. The molecule has 20 heavy (non-hydrogen) atoms. The summed E-state index contributed by atoms with van der Waals surface area (Å²) in [6, 6.07) is 5.08. The Morgan fingerprint density at radius 1 is 1.25 bits per heavy atom. The Labute approximate surface area is 112 Å². The molecule has 1 aromatic carbocycles. The van der Waals surface area contributed by atoms with E-state index in [0.717, 1.165) is 0 Å². The molecule has 0 heterocycles. The van der Waals surface area contributed by atoms with Gasteiger partial charge in [0, 0.05) is 6.04 Å². The predicted octanol–water partition coefficient (Wildman–Crippen LogP) is 4.03. The molecule has 1 unspecified atom stereocenters. The van der Waals surface area contributed by atoms with E-state index in [4.69, 9.17) is 0 Å². The molecule has 1 fully saturated rings. The first-order valence-corrected chi connectivity index (χ1v) is 6.13. The Bertz CT molecular complexity index is 470. The van der Waals surface area contributed by atoms with Crippen LogP contribution in [0.1, 0.15) is 31.4 Å². The van der Waals surface area contributed by atoms with E-state index in [1.165, 1.54) is 18.2 Å². The second-order valence-corrected chi connectivity index (χ2v) is 4.90. The van der Waals surface area contributed by atoms with Gasteiger partial charge in [0.25, 0.3) is 0 Å². The molecule has 112 valence electrons. The van der Waals surface area contributed by atoms with Crippen molar-refractivity contribution in [2.45, 2.75) is 44.1 Å². The van der Waals surface area contributed by atoms with Gasteiger partial charge in [-0.05, 0) is 37.5 Å². The van der Waals surface area contributed by atoms with Crippen LogP contribution in [0.25, 0.3) is 0 Å². The number of nitrogens with one attached hydrogen (secondary N) is 1.